The van der Waals surface area contributed by atoms with Crippen LogP contribution in [0.4, 0.5) is 5.00 Å². The molecule has 3 nitrogen and oxygen atoms in total. The summed E-state index contributed by atoms with van der Waals surface area (Å²) in [5.41, 5.74) is 2.09. The van der Waals surface area contributed by atoms with E-state index in [4.69, 9.17) is 11.6 Å². The van der Waals surface area contributed by atoms with Crippen LogP contribution < -0.4 is 5.32 Å². The Morgan fingerprint density at radius 3 is 2.60 bits per heavy atom. The van der Waals surface area contributed by atoms with E-state index < -0.39 is 0 Å². The fraction of sp³-hybridized carbons (Fsp3) is 0.200. The van der Waals surface area contributed by atoms with Crippen LogP contribution in [0, 0.1) is 18.3 Å². The molecule has 0 saturated heterocycles. The molecule has 102 valence electrons. The molecule has 0 unspecified atom stereocenters. The van der Waals surface area contributed by atoms with Crippen molar-refractivity contribution in [3.05, 3.63) is 50.9 Å². The smallest absolute Gasteiger partial charge is 0.256 e. The van der Waals surface area contributed by atoms with Crippen molar-refractivity contribution in [3.63, 3.8) is 0 Å². The molecule has 0 aliphatic heterocycles. The molecule has 0 aliphatic carbocycles. The number of nitrogens with one attached hydrogen (secondary N) is 1. The van der Waals surface area contributed by atoms with Crippen LogP contribution in [0.3, 0.4) is 0 Å². The van der Waals surface area contributed by atoms with Gasteiger partial charge in [-0.05, 0) is 43.2 Å². The van der Waals surface area contributed by atoms with Crippen molar-refractivity contribution >= 4 is 33.8 Å². The van der Waals surface area contributed by atoms with Gasteiger partial charge in [0.25, 0.3) is 5.91 Å². The lowest BCUT2D eigenvalue weighted by Gasteiger charge is -2.03. The number of rotatable bonds is 3. The average Bonchev–Trinajstić information content (AvgIpc) is 2.74. The zero-order valence-corrected chi connectivity index (χ0v) is 12.7. The first-order valence-corrected chi connectivity index (χ1v) is 7.35. The van der Waals surface area contributed by atoms with Crippen molar-refractivity contribution < 1.29 is 4.79 Å². The van der Waals surface area contributed by atoms with Crippen LogP contribution in [0.15, 0.2) is 24.3 Å². The van der Waals surface area contributed by atoms with Crippen LogP contribution in [0.2, 0.25) is 5.02 Å². The number of halogens is 1. The second kappa shape index (κ2) is 6.08. The summed E-state index contributed by atoms with van der Waals surface area (Å²) >= 11 is 7.23. The summed E-state index contributed by atoms with van der Waals surface area (Å²) in [5.74, 6) is -0.234. The van der Waals surface area contributed by atoms with Gasteiger partial charge in [-0.1, -0.05) is 18.5 Å². The SMILES string of the molecule is CCc1c(C)sc(NC(=O)c2ccc(Cl)cc2)c1C#N. The molecule has 2 aromatic rings. The fourth-order valence-corrected chi connectivity index (χ4v) is 3.20. The van der Waals surface area contributed by atoms with Gasteiger partial charge in [-0.15, -0.1) is 11.3 Å². The van der Waals surface area contributed by atoms with Gasteiger partial charge in [0.05, 0.1) is 5.56 Å². The van der Waals surface area contributed by atoms with Crippen LogP contribution in [0.1, 0.15) is 33.3 Å². The van der Waals surface area contributed by atoms with E-state index in [2.05, 4.69) is 11.4 Å². The predicted molar refractivity (Wildman–Crippen MR) is 82.6 cm³/mol. The molecular formula is C15H13ClN2OS. The molecule has 1 aromatic carbocycles. The number of benzene rings is 1. The standard InChI is InChI=1S/C15H13ClN2OS/c1-3-12-9(2)20-15(13(12)8-17)18-14(19)10-4-6-11(16)7-5-10/h4-7H,3H2,1-2H3,(H,18,19). The van der Waals surface area contributed by atoms with Crippen LogP contribution in [-0.4, -0.2) is 5.91 Å². The highest BCUT2D eigenvalue weighted by molar-refractivity contribution is 7.16. The Labute approximate surface area is 126 Å². The summed E-state index contributed by atoms with van der Waals surface area (Å²) in [5, 5.41) is 13.3. The average molecular weight is 305 g/mol. The number of nitrogens with zero attached hydrogens (tertiary/aromatic N) is 1. The van der Waals surface area contributed by atoms with Crippen molar-refractivity contribution in [2.45, 2.75) is 20.3 Å². The minimum Gasteiger partial charge on any atom is -0.312 e. The largest absolute Gasteiger partial charge is 0.312 e. The molecule has 0 fully saturated rings. The minimum absolute atomic E-state index is 0.234. The molecule has 2 rings (SSSR count). The van der Waals surface area contributed by atoms with Crippen LogP contribution >= 0.6 is 22.9 Å². The molecule has 1 heterocycles. The van der Waals surface area contributed by atoms with Gasteiger partial charge in [-0.2, -0.15) is 5.26 Å². The van der Waals surface area contributed by atoms with E-state index in [1.807, 2.05) is 13.8 Å². The number of carbonyl (C=O) groups is 1. The van der Waals surface area contributed by atoms with Crippen molar-refractivity contribution in [2.24, 2.45) is 0 Å². The normalized spacial score (nSPS) is 10.1. The molecule has 0 spiro atoms. The topological polar surface area (TPSA) is 52.9 Å². The first-order chi connectivity index (χ1) is 9.56. The second-order valence-electron chi connectivity index (χ2n) is 4.27. The van der Waals surface area contributed by atoms with Gasteiger partial charge in [0, 0.05) is 15.5 Å². The number of aryl methyl sites for hydroxylation is 1. The number of thiophene rings is 1. The molecule has 1 aromatic heterocycles. The highest BCUT2D eigenvalue weighted by Gasteiger charge is 2.16. The number of anilines is 1. The Balaban J connectivity index is 2.29. The molecule has 0 radical (unpaired) electrons. The van der Waals surface area contributed by atoms with Crippen molar-refractivity contribution in [1.29, 1.82) is 5.26 Å². The lowest BCUT2D eigenvalue weighted by atomic mass is 10.1. The maximum absolute atomic E-state index is 12.1. The summed E-state index contributed by atoms with van der Waals surface area (Å²) in [6.45, 7) is 3.96. The van der Waals surface area contributed by atoms with Gasteiger partial charge in [-0.3, -0.25) is 4.79 Å². The zero-order valence-electron chi connectivity index (χ0n) is 11.2. The molecule has 0 saturated carbocycles. The third-order valence-corrected chi connectivity index (χ3v) is 4.32. The van der Waals surface area contributed by atoms with Gasteiger partial charge in [0.2, 0.25) is 0 Å². The molecule has 20 heavy (non-hydrogen) atoms. The van der Waals surface area contributed by atoms with Gasteiger partial charge >= 0.3 is 0 Å². The summed E-state index contributed by atoms with van der Waals surface area (Å²) in [4.78, 5) is 13.2. The van der Waals surface area contributed by atoms with Crippen molar-refractivity contribution in [3.8, 4) is 6.07 Å². The third-order valence-electron chi connectivity index (χ3n) is 3.01. The maximum Gasteiger partial charge on any atom is 0.256 e. The first-order valence-electron chi connectivity index (χ1n) is 6.16. The molecule has 5 heteroatoms. The first kappa shape index (κ1) is 14.6. The molecule has 0 atom stereocenters. The number of amides is 1. The summed E-state index contributed by atoms with van der Waals surface area (Å²) < 4.78 is 0. The van der Waals surface area contributed by atoms with Gasteiger partial charge in [0.1, 0.15) is 11.1 Å². The molecule has 0 bridgehead atoms. The predicted octanol–water partition coefficient (Wildman–Crippen LogP) is 4.40. The highest BCUT2D eigenvalue weighted by atomic mass is 35.5. The Kier molecular flexibility index (Phi) is 4.43. The lowest BCUT2D eigenvalue weighted by Crippen LogP contribution is -2.11. The minimum atomic E-state index is -0.234. The van der Waals surface area contributed by atoms with E-state index in [-0.39, 0.29) is 5.91 Å². The summed E-state index contributed by atoms with van der Waals surface area (Å²) in [6, 6.07) is 8.82. The quantitative estimate of drug-likeness (QED) is 0.914. The highest BCUT2D eigenvalue weighted by Crippen LogP contribution is 2.33. The van der Waals surface area contributed by atoms with Crippen molar-refractivity contribution in [1.82, 2.24) is 0 Å². The van der Waals surface area contributed by atoms with Crippen LogP contribution in [0.25, 0.3) is 0 Å². The van der Waals surface area contributed by atoms with Crippen molar-refractivity contribution in [2.75, 3.05) is 5.32 Å². The van der Waals surface area contributed by atoms with Gasteiger partial charge < -0.3 is 5.32 Å². The Hall–Kier alpha value is -1.83. The van der Waals surface area contributed by atoms with E-state index >= 15 is 0 Å². The monoisotopic (exact) mass is 304 g/mol. The number of hydrogen-bond acceptors (Lipinski definition) is 3. The molecule has 0 aliphatic rings. The number of nitriles is 1. The number of carbonyl (C=O) groups excluding carboxylic acids is 1. The van der Waals surface area contributed by atoms with Crippen LogP contribution in [-0.2, 0) is 6.42 Å². The molecule has 1 amide bonds. The lowest BCUT2D eigenvalue weighted by molar-refractivity contribution is 0.102. The Morgan fingerprint density at radius 2 is 2.05 bits per heavy atom. The fourth-order valence-electron chi connectivity index (χ4n) is 1.99. The molecular weight excluding hydrogens is 292 g/mol. The van der Waals surface area contributed by atoms with Crippen LogP contribution in [0.5, 0.6) is 0 Å². The van der Waals surface area contributed by atoms with Gasteiger partial charge in [-0.25, -0.2) is 0 Å². The maximum atomic E-state index is 12.1. The summed E-state index contributed by atoms with van der Waals surface area (Å²) in [7, 11) is 0. The van der Waals surface area contributed by atoms with E-state index in [1.54, 1.807) is 24.3 Å². The molecule has 1 N–H and O–H groups in total. The third kappa shape index (κ3) is 2.84. The van der Waals surface area contributed by atoms with E-state index in [1.165, 1.54) is 11.3 Å². The Morgan fingerprint density at radius 1 is 1.40 bits per heavy atom. The second-order valence-corrected chi connectivity index (χ2v) is 5.93. The Bertz CT molecular complexity index is 683. The van der Waals surface area contributed by atoms with E-state index in [0.29, 0.717) is 21.2 Å². The summed E-state index contributed by atoms with van der Waals surface area (Å²) in [6.07, 6.45) is 0.780. The van der Waals surface area contributed by atoms with E-state index in [0.717, 1.165) is 16.9 Å². The van der Waals surface area contributed by atoms with Gasteiger partial charge in [0.15, 0.2) is 0 Å². The number of hydrogen-bond donors (Lipinski definition) is 1. The zero-order chi connectivity index (χ0) is 14.7. The van der Waals surface area contributed by atoms with E-state index in [9.17, 15) is 10.1 Å².